The molecule has 0 aliphatic carbocycles. The highest BCUT2D eigenvalue weighted by atomic mass is 32.1. The molecule has 1 fully saturated rings. The number of rotatable bonds is 4. The number of nitrogens with one attached hydrogen (secondary N) is 1. The van der Waals surface area contributed by atoms with Gasteiger partial charge >= 0.3 is 0 Å². The molecule has 1 N–H and O–H groups in total. The van der Waals surface area contributed by atoms with Gasteiger partial charge in [-0.1, -0.05) is 0 Å². The SMILES string of the molecule is CC(Nc1nc(-c2ccc(F)cc2)cs1)C1CN(C)CCO1. The molecule has 0 amide bonds. The second kappa shape index (κ2) is 6.73. The number of hydrogen-bond donors (Lipinski definition) is 1. The van der Waals surface area contributed by atoms with Crippen molar-refractivity contribution in [1.82, 2.24) is 9.88 Å². The maximum atomic E-state index is 13.0. The zero-order valence-electron chi connectivity index (χ0n) is 12.8. The number of aromatic nitrogens is 1. The van der Waals surface area contributed by atoms with Gasteiger partial charge in [-0.2, -0.15) is 0 Å². The van der Waals surface area contributed by atoms with Gasteiger partial charge in [0.25, 0.3) is 0 Å². The Balaban J connectivity index is 1.65. The summed E-state index contributed by atoms with van der Waals surface area (Å²) in [6.07, 6.45) is 0.164. The van der Waals surface area contributed by atoms with Crippen molar-refractivity contribution in [2.24, 2.45) is 0 Å². The number of thiazole rings is 1. The van der Waals surface area contributed by atoms with E-state index in [-0.39, 0.29) is 18.0 Å². The first-order valence-electron chi connectivity index (χ1n) is 7.40. The summed E-state index contributed by atoms with van der Waals surface area (Å²) in [6.45, 7) is 4.79. The average molecular weight is 321 g/mol. The fourth-order valence-corrected chi connectivity index (χ4v) is 3.31. The van der Waals surface area contributed by atoms with Crippen LogP contribution in [0.3, 0.4) is 0 Å². The first kappa shape index (κ1) is 15.4. The molecular weight excluding hydrogens is 301 g/mol. The number of benzene rings is 1. The molecule has 4 nitrogen and oxygen atoms in total. The Labute approximate surface area is 133 Å². The third kappa shape index (κ3) is 3.63. The number of likely N-dealkylation sites (N-methyl/N-ethyl adjacent to an activating group) is 1. The summed E-state index contributed by atoms with van der Waals surface area (Å²) < 4.78 is 18.8. The molecule has 1 saturated heterocycles. The summed E-state index contributed by atoms with van der Waals surface area (Å²) in [5.41, 5.74) is 1.79. The van der Waals surface area contributed by atoms with Gasteiger partial charge in [-0.15, -0.1) is 11.3 Å². The monoisotopic (exact) mass is 321 g/mol. The van der Waals surface area contributed by atoms with Gasteiger partial charge in [-0.25, -0.2) is 9.37 Å². The molecule has 3 rings (SSSR count). The summed E-state index contributed by atoms with van der Waals surface area (Å²) in [5.74, 6) is -0.232. The van der Waals surface area contributed by atoms with Gasteiger partial charge < -0.3 is 15.0 Å². The lowest BCUT2D eigenvalue weighted by Crippen LogP contribution is -2.47. The van der Waals surface area contributed by atoms with Gasteiger partial charge in [0, 0.05) is 24.0 Å². The van der Waals surface area contributed by atoms with E-state index in [9.17, 15) is 4.39 Å². The van der Waals surface area contributed by atoms with Gasteiger partial charge in [0.15, 0.2) is 5.13 Å². The number of nitrogens with zero attached hydrogens (tertiary/aromatic N) is 2. The minimum Gasteiger partial charge on any atom is -0.373 e. The largest absolute Gasteiger partial charge is 0.373 e. The number of morpholine rings is 1. The number of anilines is 1. The van der Waals surface area contributed by atoms with Crippen molar-refractivity contribution in [2.45, 2.75) is 19.1 Å². The molecule has 0 radical (unpaired) electrons. The highest BCUT2D eigenvalue weighted by Crippen LogP contribution is 2.26. The second-order valence-corrected chi connectivity index (χ2v) is 6.51. The Kier molecular flexibility index (Phi) is 4.71. The molecule has 1 aliphatic heterocycles. The van der Waals surface area contributed by atoms with Crippen molar-refractivity contribution >= 4 is 16.5 Å². The van der Waals surface area contributed by atoms with Crippen LogP contribution in [-0.4, -0.2) is 48.8 Å². The first-order valence-corrected chi connectivity index (χ1v) is 8.28. The van der Waals surface area contributed by atoms with E-state index in [0.717, 1.165) is 36.1 Å². The van der Waals surface area contributed by atoms with Crippen molar-refractivity contribution in [3.63, 3.8) is 0 Å². The van der Waals surface area contributed by atoms with Crippen molar-refractivity contribution < 1.29 is 9.13 Å². The van der Waals surface area contributed by atoms with E-state index in [1.165, 1.54) is 12.1 Å². The molecule has 22 heavy (non-hydrogen) atoms. The van der Waals surface area contributed by atoms with Crippen LogP contribution < -0.4 is 5.32 Å². The molecule has 0 bridgehead atoms. The Bertz CT molecular complexity index is 616. The number of ether oxygens (including phenoxy) is 1. The highest BCUT2D eigenvalue weighted by Gasteiger charge is 2.24. The standard InChI is InChI=1S/C16H20FN3OS/c1-11(15-9-20(2)7-8-21-15)18-16-19-14(10-22-16)12-3-5-13(17)6-4-12/h3-6,10-11,15H,7-9H2,1-2H3,(H,18,19). The van der Waals surface area contributed by atoms with E-state index in [2.05, 4.69) is 29.2 Å². The Hall–Kier alpha value is -1.50. The predicted molar refractivity (Wildman–Crippen MR) is 87.8 cm³/mol. The molecular formula is C16H20FN3OS. The lowest BCUT2D eigenvalue weighted by atomic mass is 10.1. The molecule has 2 unspecified atom stereocenters. The van der Waals surface area contributed by atoms with Gasteiger partial charge in [0.1, 0.15) is 5.82 Å². The van der Waals surface area contributed by atoms with Crippen LogP contribution >= 0.6 is 11.3 Å². The molecule has 1 aromatic heterocycles. The van der Waals surface area contributed by atoms with Gasteiger partial charge in [-0.05, 0) is 38.2 Å². The van der Waals surface area contributed by atoms with Crippen LogP contribution in [0.25, 0.3) is 11.3 Å². The fraction of sp³-hybridized carbons (Fsp3) is 0.438. The second-order valence-electron chi connectivity index (χ2n) is 5.65. The topological polar surface area (TPSA) is 37.4 Å². The number of halogens is 1. The molecule has 2 heterocycles. The number of hydrogen-bond acceptors (Lipinski definition) is 5. The fourth-order valence-electron chi connectivity index (χ4n) is 2.49. The smallest absolute Gasteiger partial charge is 0.183 e. The summed E-state index contributed by atoms with van der Waals surface area (Å²) in [5, 5.41) is 6.26. The molecule has 0 spiro atoms. The maximum absolute atomic E-state index is 13.0. The lowest BCUT2D eigenvalue weighted by molar-refractivity contribution is -0.0259. The third-order valence-electron chi connectivity index (χ3n) is 3.85. The highest BCUT2D eigenvalue weighted by molar-refractivity contribution is 7.14. The zero-order chi connectivity index (χ0) is 15.5. The summed E-state index contributed by atoms with van der Waals surface area (Å²) >= 11 is 1.56. The molecule has 1 aromatic carbocycles. The van der Waals surface area contributed by atoms with Crippen molar-refractivity contribution in [1.29, 1.82) is 0 Å². The van der Waals surface area contributed by atoms with Crippen LogP contribution in [0.15, 0.2) is 29.6 Å². The van der Waals surface area contributed by atoms with Crippen LogP contribution in [0.1, 0.15) is 6.92 Å². The van der Waals surface area contributed by atoms with Gasteiger partial charge in [-0.3, -0.25) is 0 Å². The molecule has 0 saturated carbocycles. The first-order chi connectivity index (χ1) is 10.6. The summed E-state index contributed by atoms with van der Waals surface area (Å²) in [4.78, 5) is 6.86. The van der Waals surface area contributed by atoms with Gasteiger partial charge in [0.2, 0.25) is 0 Å². The summed E-state index contributed by atoms with van der Waals surface area (Å²) in [7, 11) is 2.11. The van der Waals surface area contributed by atoms with E-state index >= 15 is 0 Å². The van der Waals surface area contributed by atoms with Crippen LogP contribution in [0.4, 0.5) is 9.52 Å². The van der Waals surface area contributed by atoms with Crippen molar-refractivity contribution in [2.75, 3.05) is 32.1 Å². The van der Waals surface area contributed by atoms with E-state index < -0.39 is 0 Å². The average Bonchev–Trinajstić information content (AvgIpc) is 2.96. The van der Waals surface area contributed by atoms with Crippen LogP contribution in [-0.2, 0) is 4.74 Å². The Morgan fingerprint density at radius 2 is 2.18 bits per heavy atom. The molecule has 6 heteroatoms. The molecule has 1 aliphatic rings. The van der Waals surface area contributed by atoms with E-state index in [1.807, 2.05) is 5.38 Å². The maximum Gasteiger partial charge on any atom is 0.183 e. The van der Waals surface area contributed by atoms with E-state index in [1.54, 1.807) is 23.5 Å². The van der Waals surface area contributed by atoms with E-state index in [0.29, 0.717) is 0 Å². The van der Waals surface area contributed by atoms with Crippen LogP contribution in [0.5, 0.6) is 0 Å². The van der Waals surface area contributed by atoms with Crippen LogP contribution in [0, 0.1) is 5.82 Å². The minimum absolute atomic E-state index is 0.164. The molecule has 118 valence electrons. The van der Waals surface area contributed by atoms with Gasteiger partial charge in [0.05, 0.1) is 24.4 Å². The summed E-state index contributed by atoms with van der Waals surface area (Å²) in [6, 6.07) is 6.59. The molecule has 2 atom stereocenters. The molecule has 2 aromatic rings. The minimum atomic E-state index is -0.232. The van der Waals surface area contributed by atoms with Crippen molar-refractivity contribution in [3.05, 3.63) is 35.5 Å². The van der Waals surface area contributed by atoms with Crippen LogP contribution in [0.2, 0.25) is 0 Å². The van der Waals surface area contributed by atoms with E-state index in [4.69, 9.17) is 4.74 Å². The lowest BCUT2D eigenvalue weighted by Gasteiger charge is -2.33. The quantitative estimate of drug-likeness (QED) is 0.939. The normalized spacial score (nSPS) is 20.8. The van der Waals surface area contributed by atoms with Crippen molar-refractivity contribution in [3.8, 4) is 11.3 Å². The Morgan fingerprint density at radius 3 is 2.91 bits per heavy atom. The predicted octanol–water partition coefficient (Wildman–Crippen LogP) is 3.08. The zero-order valence-corrected chi connectivity index (χ0v) is 13.6. The third-order valence-corrected chi connectivity index (χ3v) is 4.62. The Morgan fingerprint density at radius 1 is 1.41 bits per heavy atom.